The summed E-state index contributed by atoms with van der Waals surface area (Å²) in [5.41, 5.74) is 1.86. The molecule has 0 amide bonds. The number of nitrogens with zero attached hydrogens (tertiary/aromatic N) is 2. The Hall–Kier alpha value is -2.02. The van der Waals surface area contributed by atoms with Gasteiger partial charge in [-0.15, -0.1) is 0 Å². The maximum Gasteiger partial charge on any atom is 0.210 e. The van der Waals surface area contributed by atoms with Gasteiger partial charge in [0.05, 0.1) is 11.9 Å². The molecule has 0 unspecified atom stereocenters. The molecule has 2 aromatic rings. The lowest BCUT2D eigenvalue weighted by Gasteiger charge is -1.86. The molecule has 4 heteroatoms. The van der Waals surface area contributed by atoms with Crippen LogP contribution in [0.15, 0.2) is 24.7 Å². The molecule has 58 valence electrons. The van der Waals surface area contributed by atoms with Crippen molar-refractivity contribution in [2.75, 3.05) is 0 Å². The highest BCUT2D eigenvalue weighted by molar-refractivity contribution is 5.57. The number of aromatic nitrogens is 3. The summed E-state index contributed by atoms with van der Waals surface area (Å²) >= 11 is 0. The summed E-state index contributed by atoms with van der Waals surface area (Å²) in [6.07, 6.45) is 5.30. The van der Waals surface area contributed by atoms with Crippen molar-refractivity contribution in [3.8, 4) is 17.3 Å². The minimum Gasteiger partial charge on any atom is -0.367 e. The van der Waals surface area contributed by atoms with E-state index in [1.807, 2.05) is 24.5 Å². The Morgan fingerprint density at radius 1 is 1.50 bits per heavy atom. The minimum atomic E-state index is 0.339. The highest BCUT2D eigenvalue weighted by Crippen LogP contribution is 2.14. The molecule has 0 radical (unpaired) electrons. The molecule has 0 bridgehead atoms. The fourth-order valence-electron chi connectivity index (χ4n) is 1.02. The molecule has 2 rings (SSSR count). The Bertz CT molecular complexity index is 404. The largest absolute Gasteiger partial charge is 0.367 e. The molecule has 0 aliphatic carbocycles. The molecule has 2 aromatic heterocycles. The van der Waals surface area contributed by atoms with Gasteiger partial charge in [0, 0.05) is 18.0 Å². The molecule has 0 aliphatic heterocycles. The van der Waals surface area contributed by atoms with E-state index in [-0.39, 0.29) is 0 Å². The van der Waals surface area contributed by atoms with Crippen LogP contribution in [0.2, 0.25) is 0 Å². The predicted molar refractivity (Wildman–Crippen MR) is 43.1 cm³/mol. The van der Waals surface area contributed by atoms with Gasteiger partial charge in [0.15, 0.2) is 0 Å². The van der Waals surface area contributed by atoms with E-state index in [1.165, 1.54) is 0 Å². The molecule has 2 heterocycles. The topological polar surface area (TPSA) is 68.3 Å². The van der Waals surface area contributed by atoms with Crippen LogP contribution in [0.3, 0.4) is 0 Å². The summed E-state index contributed by atoms with van der Waals surface area (Å²) < 4.78 is 0. The molecule has 0 spiro atoms. The standard InChI is InChI=1S/C8H6N4/c9-3-8-11-5-7(12-8)6-1-2-10-4-6/h1-2,4-5,10H,(H,11,12). The zero-order chi connectivity index (χ0) is 8.39. The van der Waals surface area contributed by atoms with Gasteiger partial charge in [0.25, 0.3) is 0 Å². The molecule has 0 saturated carbocycles. The fraction of sp³-hybridized carbons (Fsp3) is 0. The first-order valence-corrected chi connectivity index (χ1v) is 3.48. The van der Waals surface area contributed by atoms with Crippen molar-refractivity contribution >= 4 is 0 Å². The third-order valence-electron chi connectivity index (χ3n) is 1.59. The lowest BCUT2D eigenvalue weighted by molar-refractivity contribution is 1.23. The second kappa shape index (κ2) is 2.55. The molecular formula is C8H6N4. The number of hydrogen-bond acceptors (Lipinski definition) is 2. The number of H-pyrrole nitrogens is 2. The first-order valence-electron chi connectivity index (χ1n) is 3.48. The van der Waals surface area contributed by atoms with E-state index >= 15 is 0 Å². The number of aromatic amines is 2. The van der Waals surface area contributed by atoms with Gasteiger partial charge in [-0.25, -0.2) is 4.98 Å². The average Bonchev–Trinajstić information content (AvgIpc) is 2.75. The number of hydrogen-bond donors (Lipinski definition) is 2. The highest BCUT2D eigenvalue weighted by Gasteiger charge is 2.01. The Labute approximate surface area is 68.9 Å². The van der Waals surface area contributed by atoms with Gasteiger partial charge in [-0.1, -0.05) is 0 Å². The predicted octanol–water partition coefficient (Wildman–Crippen LogP) is 1.28. The van der Waals surface area contributed by atoms with E-state index in [0.29, 0.717) is 5.82 Å². The van der Waals surface area contributed by atoms with Crippen LogP contribution in [0.1, 0.15) is 5.82 Å². The van der Waals surface area contributed by atoms with Crippen molar-refractivity contribution in [2.45, 2.75) is 0 Å². The molecule has 0 atom stereocenters. The maximum absolute atomic E-state index is 8.50. The van der Waals surface area contributed by atoms with Crippen molar-refractivity contribution in [3.63, 3.8) is 0 Å². The van der Waals surface area contributed by atoms with Gasteiger partial charge >= 0.3 is 0 Å². The van der Waals surface area contributed by atoms with Crippen LogP contribution in [-0.4, -0.2) is 15.0 Å². The second-order valence-electron chi connectivity index (χ2n) is 2.36. The van der Waals surface area contributed by atoms with E-state index < -0.39 is 0 Å². The van der Waals surface area contributed by atoms with Crippen molar-refractivity contribution in [3.05, 3.63) is 30.5 Å². The minimum absolute atomic E-state index is 0.339. The summed E-state index contributed by atoms with van der Waals surface area (Å²) in [5, 5.41) is 8.50. The van der Waals surface area contributed by atoms with E-state index in [4.69, 9.17) is 5.26 Å². The van der Waals surface area contributed by atoms with E-state index in [0.717, 1.165) is 11.3 Å². The Morgan fingerprint density at radius 3 is 3.00 bits per heavy atom. The van der Waals surface area contributed by atoms with Crippen LogP contribution in [0, 0.1) is 11.3 Å². The van der Waals surface area contributed by atoms with E-state index in [2.05, 4.69) is 15.0 Å². The third kappa shape index (κ3) is 0.974. The molecule has 4 nitrogen and oxygen atoms in total. The van der Waals surface area contributed by atoms with E-state index in [1.54, 1.807) is 6.20 Å². The van der Waals surface area contributed by atoms with Crippen LogP contribution < -0.4 is 0 Å². The van der Waals surface area contributed by atoms with Crippen LogP contribution in [0.5, 0.6) is 0 Å². The van der Waals surface area contributed by atoms with Crippen molar-refractivity contribution in [1.82, 2.24) is 15.0 Å². The highest BCUT2D eigenvalue weighted by atomic mass is 14.9. The zero-order valence-corrected chi connectivity index (χ0v) is 6.20. The van der Waals surface area contributed by atoms with Gasteiger partial charge in [-0.05, 0) is 6.07 Å². The molecule has 2 N–H and O–H groups in total. The first kappa shape index (κ1) is 6.68. The van der Waals surface area contributed by atoms with Gasteiger partial charge in [0.1, 0.15) is 6.07 Å². The number of nitrogens with one attached hydrogen (secondary N) is 2. The lowest BCUT2D eigenvalue weighted by Crippen LogP contribution is -1.75. The Balaban J connectivity index is 2.44. The molecular weight excluding hydrogens is 152 g/mol. The van der Waals surface area contributed by atoms with Gasteiger partial charge in [-0.3, -0.25) is 0 Å². The van der Waals surface area contributed by atoms with Crippen LogP contribution >= 0.6 is 0 Å². The second-order valence-corrected chi connectivity index (χ2v) is 2.36. The summed E-state index contributed by atoms with van der Waals surface area (Å²) in [6, 6.07) is 3.84. The summed E-state index contributed by atoms with van der Waals surface area (Å²) in [6.45, 7) is 0. The quantitative estimate of drug-likeness (QED) is 0.656. The van der Waals surface area contributed by atoms with Gasteiger partial charge < -0.3 is 9.97 Å². The van der Waals surface area contributed by atoms with Gasteiger partial charge in [0.2, 0.25) is 5.82 Å². The molecule has 0 fully saturated rings. The average molecular weight is 158 g/mol. The van der Waals surface area contributed by atoms with Gasteiger partial charge in [-0.2, -0.15) is 5.26 Å². The summed E-state index contributed by atoms with van der Waals surface area (Å²) in [5.74, 6) is 0.339. The molecule has 0 aromatic carbocycles. The van der Waals surface area contributed by atoms with Crippen LogP contribution in [0.25, 0.3) is 11.3 Å². The lowest BCUT2D eigenvalue weighted by atomic mass is 10.3. The summed E-state index contributed by atoms with van der Waals surface area (Å²) in [4.78, 5) is 9.66. The normalized spacial score (nSPS) is 9.58. The van der Waals surface area contributed by atoms with Crippen LogP contribution in [0.4, 0.5) is 0 Å². The monoisotopic (exact) mass is 158 g/mol. The van der Waals surface area contributed by atoms with Crippen molar-refractivity contribution < 1.29 is 0 Å². The SMILES string of the molecule is N#Cc1ncc(-c2cc[nH]c2)[nH]1. The van der Waals surface area contributed by atoms with E-state index in [9.17, 15) is 0 Å². The number of nitriles is 1. The first-order chi connectivity index (χ1) is 5.90. The number of rotatable bonds is 1. The summed E-state index contributed by atoms with van der Waals surface area (Å²) in [7, 11) is 0. The van der Waals surface area contributed by atoms with Crippen molar-refractivity contribution in [1.29, 1.82) is 5.26 Å². The van der Waals surface area contributed by atoms with Crippen molar-refractivity contribution in [2.24, 2.45) is 0 Å². The third-order valence-corrected chi connectivity index (χ3v) is 1.59. The molecule has 12 heavy (non-hydrogen) atoms. The molecule has 0 saturated heterocycles. The Kier molecular flexibility index (Phi) is 1.42. The Morgan fingerprint density at radius 2 is 2.42 bits per heavy atom. The smallest absolute Gasteiger partial charge is 0.210 e. The molecule has 0 aliphatic rings. The number of imidazole rings is 1. The fourth-order valence-corrected chi connectivity index (χ4v) is 1.02. The zero-order valence-electron chi connectivity index (χ0n) is 6.20. The maximum atomic E-state index is 8.50. The van der Waals surface area contributed by atoms with Crippen LogP contribution in [-0.2, 0) is 0 Å².